The Balaban J connectivity index is 3.06. The summed E-state index contributed by atoms with van der Waals surface area (Å²) in [5.74, 6) is 0. The van der Waals surface area contributed by atoms with Crippen molar-refractivity contribution in [1.29, 1.82) is 5.26 Å². The van der Waals surface area contributed by atoms with E-state index < -0.39 is 29.5 Å². The van der Waals surface area contributed by atoms with E-state index >= 15 is 0 Å². The van der Waals surface area contributed by atoms with Crippen molar-refractivity contribution in [2.24, 2.45) is 0 Å². The summed E-state index contributed by atoms with van der Waals surface area (Å²) in [6, 6.07) is 2.98. The molecule has 1 heterocycles. The molecule has 0 aliphatic carbocycles. The second-order valence-electron chi connectivity index (χ2n) is 3.77. The molecule has 0 saturated heterocycles. The standard InChI is InChI=1S/C9H6N2O6S3/c1-4-5(3-10)2-6-7(8(4)19(12,13)14)11-9(18-6)20(15,16)17/h2H,1H3,(H,12,13,14)(H,15,16,17). The van der Waals surface area contributed by atoms with Gasteiger partial charge in [0.25, 0.3) is 10.1 Å². The highest BCUT2D eigenvalue weighted by Gasteiger charge is 2.26. The Bertz CT molecular complexity index is 965. The molecule has 0 aliphatic rings. The number of thiazole rings is 1. The van der Waals surface area contributed by atoms with Crippen LogP contribution in [0.4, 0.5) is 0 Å². The van der Waals surface area contributed by atoms with Crippen LogP contribution < -0.4 is 0 Å². The van der Waals surface area contributed by atoms with Crippen LogP contribution in [-0.2, 0) is 20.2 Å². The van der Waals surface area contributed by atoms with Gasteiger partial charge in [-0.3, -0.25) is 9.11 Å². The molecule has 0 spiro atoms. The predicted molar refractivity (Wildman–Crippen MR) is 68.7 cm³/mol. The molecule has 8 nitrogen and oxygen atoms in total. The lowest BCUT2D eigenvalue weighted by atomic mass is 10.1. The number of rotatable bonds is 2. The molecule has 0 aliphatic heterocycles. The number of hydrogen-bond donors (Lipinski definition) is 2. The average molecular weight is 334 g/mol. The third-order valence-corrected chi connectivity index (χ3v) is 5.69. The van der Waals surface area contributed by atoms with E-state index in [1.165, 1.54) is 13.0 Å². The number of aromatic nitrogens is 1. The topological polar surface area (TPSA) is 145 Å². The third-order valence-electron chi connectivity index (χ3n) is 2.47. The van der Waals surface area contributed by atoms with Gasteiger partial charge in [0.1, 0.15) is 10.4 Å². The van der Waals surface area contributed by atoms with Crippen LogP contribution in [0.3, 0.4) is 0 Å². The van der Waals surface area contributed by atoms with E-state index in [2.05, 4.69) is 4.98 Å². The predicted octanol–water partition coefficient (Wildman–Crippen LogP) is 0.970. The first-order valence-corrected chi connectivity index (χ1v) is 8.54. The summed E-state index contributed by atoms with van der Waals surface area (Å²) in [4.78, 5) is 2.88. The van der Waals surface area contributed by atoms with Crippen molar-refractivity contribution in [3.05, 3.63) is 17.2 Å². The van der Waals surface area contributed by atoms with Gasteiger partial charge in [0, 0.05) is 0 Å². The SMILES string of the molecule is Cc1c(C#N)cc2sc(S(=O)(=O)O)nc2c1S(=O)(=O)O. The molecule has 20 heavy (non-hydrogen) atoms. The lowest BCUT2D eigenvalue weighted by Gasteiger charge is -2.04. The van der Waals surface area contributed by atoms with E-state index in [1.807, 2.05) is 0 Å². The van der Waals surface area contributed by atoms with Crippen LogP contribution in [0, 0.1) is 18.3 Å². The van der Waals surface area contributed by atoms with Crippen molar-refractivity contribution in [2.45, 2.75) is 16.2 Å². The van der Waals surface area contributed by atoms with E-state index in [9.17, 15) is 21.4 Å². The lowest BCUT2D eigenvalue weighted by Crippen LogP contribution is -2.04. The molecule has 0 fully saturated rings. The van der Waals surface area contributed by atoms with Crippen LogP contribution in [0.2, 0.25) is 0 Å². The van der Waals surface area contributed by atoms with Gasteiger partial charge in [0.2, 0.25) is 4.34 Å². The van der Waals surface area contributed by atoms with E-state index in [0.29, 0.717) is 11.3 Å². The van der Waals surface area contributed by atoms with Gasteiger partial charge in [-0.25, -0.2) is 4.98 Å². The van der Waals surface area contributed by atoms with Gasteiger partial charge in [-0.2, -0.15) is 22.1 Å². The van der Waals surface area contributed by atoms with Crippen molar-refractivity contribution >= 4 is 41.8 Å². The fourth-order valence-electron chi connectivity index (χ4n) is 1.65. The molecule has 2 aromatic rings. The highest BCUT2D eigenvalue weighted by Crippen LogP contribution is 2.33. The molecule has 2 N–H and O–H groups in total. The van der Waals surface area contributed by atoms with E-state index in [1.54, 1.807) is 6.07 Å². The molecule has 106 valence electrons. The zero-order chi connectivity index (χ0) is 15.3. The van der Waals surface area contributed by atoms with Gasteiger partial charge >= 0.3 is 10.1 Å². The fourth-order valence-corrected chi connectivity index (χ4v) is 4.26. The maximum absolute atomic E-state index is 11.4. The molecule has 0 amide bonds. The van der Waals surface area contributed by atoms with Crippen molar-refractivity contribution in [3.63, 3.8) is 0 Å². The molecule has 0 saturated carbocycles. The maximum Gasteiger partial charge on any atom is 0.322 e. The van der Waals surface area contributed by atoms with Crippen LogP contribution in [-0.4, -0.2) is 30.9 Å². The Hall–Kier alpha value is -1.58. The van der Waals surface area contributed by atoms with Crippen molar-refractivity contribution in [1.82, 2.24) is 4.98 Å². The van der Waals surface area contributed by atoms with Gasteiger partial charge in [0.15, 0.2) is 0 Å². The summed E-state index contributed by atoms with van der Waals surface area (Å²) < 4.78 is 62.3. The normalized spacial score (nSPS) is 12.5. The van der Waals surface area contributed by atoms with Crippen LogP contribution >= 0.6 is 11.3 Å². The first-order chi connectivity index (χ1) is 9.05. The zero-order valence-corrected chi connectivity index (χ0v) is 12.2. The second kappa shape index (κ2) is 4.47. The molecular weight excluding hydrogens is 328 g/mol. The highest BCUT2D eigenvalue weighted by atomic mass is 32.3. The van der Waals surface area contributed by atoms with Crippen molar-refractivity contribution in [2.75, 3.05) is 0 Å². The summed E-state index contributed by atoms with van der Waals surface area (Å²) in [5, 5.41) is 8.92. The number of benzene rings is 1. The van der Waals surface area contributed by atoms with E-state index in [-0.39, 0.29) is 21.3 Å². The average Bonchev–Trinajstić information content (AvgIpc) is 2.68. The number of hydrogen-bond acceptors (Lipinski definition) is 7. The van der Waals surface area contributed by atoms with Crippen LogP contribution in [0.25, 0.3) is 10.2 Å². The first-order valence-electron chi connectivity index (χ1n) is 4.85. The molecule has 0 unspecified atom stereocenters. The van der Waals surface area contributed by atoms with Crippen LogP contribution in [0.5, 0.6) is 0 Å². The van der Waals surface area contributed by atoms with Crippen LogP contribution in [0.1, 0.15) is 11.1 Å². The molecule has 0 bridgehead atoms. The Morgan fingerprint density at radius 1 is 1.25 bits per heavy atom. The maximum atomic E-state index is 11.4. The molecule has 0 atom stereocenters. The smallest absolute Gasteiger partial charge is 0.282 e. The van der Waals surface area contributed by atoms with Crippen molar-refractivity contribution < 1.29 is 25.9 Å². The Morgan fingerprint density at radius 2 is 1.85 bits per heavy atom. The Kier molecular flexibility index (Phi) is 3.31. The largest absolute Gasteiger partial charge is 0.322 e. The second-order valence-corrected chi connectivity index (χ2v) is 7.75. The molecule has 0 radical (unpaired) electrons. The minimum Gasteiger partial charge on any atom is -0.282 e. The van der Waals surface area contributed by atoms with Gasteiger partial charge in [-0.05, 0) is 18.6 Å². The lowest BCUT2D eigenvalue weighted by molar-refractivity contribution is 0.479. The molecule has 2 rings (SSSR count). The number of fused-ring (bicyclic) bond motifs is 1. The summed E-state index contributed by atoms with van der Waals surface area (Å²) in [6.07, 6.45) is 0. The van der Waals surface area contributed by atoms with E-state index in [4.69, 9.17) is 9.81 Å². The van der Waals surface area contributed by atoms with Crippen LogP contribution in [0.15, 0.2) is 15.3 Å². The molecular formula is C9H6N2O6S3. The zero-order valence-electron chi connectivity index (χ0n) is 9.72. The third kappa shape index (κ3) is 2.39. The first kappa shape index (κ1) is 14.8. The van der Waals surface area contributed by atoms with Gasteiger partial charge in [-0.1, -0.05) is 0 Å². The van der Waals surface area contributed by atoms with Gasteiger partial charge < -0.3 is 0 Å². The summed E-state index contributed by atoms with van der Waals surface area (Å²) in [6.45, 7) is 1.29. The van der Waals surface area contributed by atoms with Crippen molar-refractivity contribution in [3.8, 4) is 6.07 Å². The quantitative estimate of drug-likeness (QED) is 0.772. The fraction of sp³-hybridized carbons (Fsp3) is 0.111. The molecule has 1 aromatic carbocycles. The summed E-state index contributed by atoms with van der Waals surface area (Å²) >= 11 is 0.497. The van der Waals surface area contributed by atoms with E-state index in [0.717, 1.165) is 0 Å². The summed E-state index contributed by atoms with van der Waals surface area (Å²) in [7, 11) is -9.32. The Labute approximate surface area is 117 Å². The monoisotopic (exact) mass is 334 g/mol. The molecule has 1 aromatic heterocycles. The summed E-state index contributed by atoms with van der Waals surface area (Å²) in [5.41, 5.74) is -0.396. The van der Waals surface area contributed by atoms with Gasteiger partial charge in [0.05, 0.1) is 16.3 Å². The number of nitrogens with zero attached hydrogens (tertiary/aromatic N) is 2. The highest BCUT2D eigenvalue weighted by molar-refractivity contribution is 7.88. The molecule has 11 heteroatoms. The number of nitriles is 1. The Morgan fingerprint density at radius 3 is 2.30 bits per heavy atom. The minimum atomic E-state index is -4.71. The minimum absolute atomic E-state index is 0.0457. The van der Waals surface area contributed by atoms with Gasteiger partial charge in [-0.15, -0.1) is 11.3 Å².